The summed E-state index contributed by atoms with van der Waals surface area (Å²) in [4.78, 5) is 23.1. The Hall–Kier alpha value is -2.05. The van der Waals surface area contributed by atoms with Crippen LogP contribution in [0.15, 0.2) is 12.2 Å². The summed E-state index contributed by atoms with van der Waals surface area (Å²) in [5, 5.41) is 18.0. The minimum absolute atomic E-state index is 0.227. The van der Waals surface area contributed by atoms with E-state index in [1.54, 1.807) is 0 Å². The van der Waals surface area contributed by atoms with Gasteiger partial charge in [0.15, 0.2) is 5.96 Å². The summed E-state index contributed by atoms with van der Waals surface area (Å²) in [6.45, 7) is 5.22. The first kappa shape index (κ1) is 47.1. The molecule has 0 atom stereocenters. The Balaban J connectivity index is 0. The maximum absolute atomic E-state index is 12.0. The first-order valence-electron chi connectivity index (χ1n) is 20.0. The zero-order chi connectivity index (χ0) is 35.1. The van der Waals surface area contributed by atoms with Gasteiger partial charge in [0.1, 0.15) is 6.54 Å². The van der Waals surface area contributed by atoms with Crippen LogP contribution in [-0.4, -0.2) is 48.0 Å². The molecule has 0 saturated carbocycles. The fourth-order valence-corrected chi connectivity index (χ4v) is 5.63. The van der Waals surface area contributed by atoms with Gasteiger partial charge in [0.25, 0.3) is 0 Å². The van der Waals surface area contributed by atoms with Crippen molar-refractivity contribution >= 4 is 17.8 Å². The third-order valence-corrected chi connectivity index (χ3v) is 8.80. The van der Waals surface area contributed by atoms with Crippen LogP contribution in [0, 0.1) is 5.41 Å². The van der Waals surface area contributed by atoms with Crippen molar-refractivity contribution in [1.82, 2.24) is 10.2 Å². The number of carboxylic acids is 1. The third-order valence-electron chi connectivity index (χ3n) is 8.80. The number of unbranched alkanes of at least 4 members (excludes halogenated alkanes) is 26. The number of hydrogen-bond acceptors (Lipinski definition) is 3. The zero-order valence-corrected chi connectivity index (χ0v) is 31.6. The van der Waals surface area contributed by atoms with Gasteiger partial charge in [0.2, 0.25) is 5.91 Å². The molecular formula is C40H80N4O3. The summed E-state index contributed by atoms with van der Waals surface area (Å²) in [6.07, 6.45) is 44.8. The summed E-state index contributed by atoms with van der Waals surface area (Å²) in [7, 11) is 1.44. The Morgan fingerprint density at radius 2 is 0.936 bits per heavy atom. The quantitative estimate of drug-likeness (QED) is 0.0236. The number of likely N-dealkylation sites (N-methyl/N-ethyl adjacent to an activating group) is 1. The van der Waals surface area contributed by atoms with E-state index in [1.165, 1.54) is 180 Å². The monoisotopic (exact) mass is 665 g/mol. The second-order valence-electron chi connectivity index (χ2n) is 13.6. The predicted molar refractivity (Wildman–Crippen MR) is 204 cm³/mol. The maximum atomic E-state index is 12.0. The maximum Gasteiger partial charge on any atom is 0.323 e. The van der Waals surface area contributed by atoms with E-state index in [0.717, 1.165) is 30.7 Å². The first-order chi connectivity index (χ1) is 22.8. The van der Waals surface area contributed by atoms with Gasteiger partial charge in [0, 0.05) is 20.0 Å². The smallest absolute Gasteiger partial charge is 0.323 e. The summed E-state index contributed by atoms with van der Waals surface area (Å²) in [5.74, 6) is -0.964. The van der Waals surface area contributed by atoms with Crippen molar-refractivity contribution in [1.29, 1.82) is 5.41 Å². The number of allylic oxidation sites excluding steroid dienone is 2. The molecule has 0 aromatic heterocycles. The van der Waals surface area contributed by atoms with Crippen LogP contribution in [0.25, 0.3) is 0 Å². The molecule has 0 aliphatic carbocycles. The van der Waals surface area contributed by atoms with Crippen LogP contribution in [0.5, 0.6) is 0 Å². The van der Waals surface area contributed by atoms with Gasteiger partial charge in [-0.2, -0.15) is 0 Å². The van der Waals surface area contributed by atoms with Crippen LogP contribution in [0.3, 0.4) is 0 Å². The molecule has 0 aliphatic rings. The molecule has 0 radical (unpaired) electrons. The number of carbonyl (C=O) groups is 2. The number of amides is 1. The number of rotatable bonds is 34. The molecule has 7 nitrogen and oxygen atoms in total. The highest BCUT2D eigenvalue weighted by atomic mass is 16.4. The third kappa shape index (κ3) is 44.0. The number of nitrogens with two attached hydrogens (primary N) is 1. The summed E-state index contributed by atoms with van der Waals surface area (Å²) in [5.41, 5.74) is 4.93. The molecule has 5 N–H and O–H groups in total. The summed E-state index contributed by atoms with van der Waals surface area (Å²) in [6, 6.07) is 0. The van der Waals surface area contributed by atoms with Crippen molar-refractivity contribution in [2.75, 3.05) is 20.1 Å². The minimum Gasteiger partial charge on any atom is -0.480 e. The molecule has 1 amide bonds. The Morgan fingerprint density at radius 1 is 0.596 bits per heavy atom. The van der Waals surface area contributed by atoms with Crippen molar-refractivity contribution < 1.29 is 14.7 Å². The highest BCUT2D eigenvalue weighted by Crippen LogP contribution is 2.14. The van der Waals surface area contributed by atoms with E-state index in [1.807, 2.05) is 0 Å². The molecule has 0 unspecified atom stereocenters. The molecule has 0 aromatic rings. The van der Waals surface area contributed by atoms with Crippen molar-refractivity contribution in [3.63, 3.8) is 0 Å². The van der Waals surface area contributed by atoms with E-state index in [-0.39, 0.29) is 18.4 Å². The van der Waals surface area contributed by atoms with Crippen LogP contribution >= 0.6 is 0 Å². The number of hydrogen-bond donors (Lipinski definition) is 4. The molecule has 278 valence electrons. The second kappa shape index (κ2) is 40.1. The van der Waals surface area contributed by atoms with Crippen LogP contribution < -0.4 is 11.1 Å². The van der Waals surface area contributed by atoms with Crippen molar-refractivity contribution in [2.24, 2.45) is 5.73 Å². The lowest BCUT2D eigenvalue weighted by Gasteiger charge is -2.12. The summed E-state index contributed by atoms with van der Waals surface area (Å²) >= 11 is 0. The van der Waals surface area contributed by atoms with Crippen molar-refractivity contribution in [3.05, 3.63) is 12.2 Å². The Labute approximate surface area is 292 Å². The standard InChI is InChI=1S/C36H71NO.C4H9N3O2/c1-3-5-7-9-11-13-15-17-19-21-23-25-27-29-31-33-35-37-36(38)34-32-30-28-26-24-22-20-18-16-14-12-10-8-6-4-2;1-7(4(5)6)2-3(8)9/h18,20H,3-17,19,21-35H2,1-2H3,(H,37,38);2H2,1H3,(H3,5,6)(H,8,9)/b20-18-;. The van der Waals surface area contributed by atoms with Gasteiger partial charge in [-0.3, -0.25) is 15.0 Å². The van der Waals surface area contributed by atoms with E-state index in [4.69, 9.17) is 16.2 Å². The highest BCUT2D eigenvalue weighted by molar-refractivity contribution is 5.80. The molecule has 0 heterocycles. The van der Waals surface area contributed by atoms with Gasteiger partial charge in [-0.25, -0.2) is 0 Å². The molecule has 0 spiro atoms. The largest absolute Gasteiger partial charge is 0.480 e. The predicted octanol–water partition coefficient (Wildman–Crippen LogP) is 11.3. The number of nitrogens with one attached hydrogen (secondary N) is 2. The average molecular weight is 665 g/mol. The van der Waals surface area contributed by atoms with Gasteiger partial charge in [0.05, 0.1) is 0 Å². The molecule has 47 heavy (non-hydrogen) atoms. The Morgan fingerprint density at radius 3 is 1.28 bits per heavy atom. The van der Waals surface area contributed by atoms with Crippen molar-refractivity contribution in [3.8, 4) is 0 Å². The first-order valence-corrected chi connectivity index (χ1v) is 20.0. The fraction of sp³-hybridized carbons (Fsp3) is 0.875. The van der Waals surface area contributed by atoms with Crippen molar-refractivity contribution in [2.45, 2.75) is 206 Å². The van der Waals surface area contributed by atoms with Gasteiger partial charge in [-0.1, -0.05) is 174 Å². The van der Waals surface area contributed by atoms with E-state index < -0.39 is 5.97 Å². The Bertz CT molecular complexity index is 714. The van der Waals surface area contributed by atoms with Crippen LogP contribution in [-0.2, 0) is 9.59 Å². The lowest BCUT2D eigenvalue weighted by atomic mass is 10.0. The normalized spacial score (nSPS) is 11.0. The molecule has 0 fully saturated rings. The highest BCUT2D eigenvalue weighted by Gasteiger charge is 2.03. The van der Waals surface area contributed by atoms with E-state index in [0.29, 0.717) is 0 Å². The molecule has 0 aliphatic heterocycles. The van der Waals surface area contributed by atoms with E-state index in [9.17, 15) is 9.59 Å². The molecule has 0 saturated heterocycles. The summed E-state index contributed by atoms with van der Waals surface area (Å²) < 4.78 is 0. The van der Waals surface area contributed by atoms with Gasteiger partial charge in [-0.15, -0.1) is 0 Å². The molecule has 0 rings (SSSR count). The second-order valence-corrected chi connectivity index (χ2v) is 13.6. The van der Waals surface area contributed by atoms with E-state index in [2.05, 4.69) is 31.3 Å². The molecular weight excluding hydrogens is 584 g/mol. The number of nitrogens with zero attached hydrogens (tertiary/aromatic N) is 1. The number of guanidine groups is 1. The number of carbonyl (C=O) groups excluding carboxylic acids is 1. The Kier molecular flexibility index (Phi) is 40.2. The molecule has 0 bridgehead atoms. The van der Waals surface area contributed by atoms with E-state index >= 15 is 0 Å². The number of aliphatic carboxylic acids is 1. The minimum atomic E-state index is -0.993. The van der Waals surface area contributed by atoms with Crippen LogP contribution in [0.1, 0.15) is 206 Å². The lowest BCUT2D eigenvalue weighted by Crippen LogP contribution is -2.36. The van der Waals surface area contributed by atoms with Gasteiger partial charge in [-0.05, 0) is 38.5 Å². The fourth-order valence-electron chi connectivity index (χ4n) is 5.63. The zero-order valence-electron chi connectivity index (χ0n) is 31.6. The average Bonchev–Trinajstić information content (AvgIpc) is 3.04. The topological polar surface area (TPSA) is 120 Å². The lowest BCUT2D eigenvalue weighted by molar-refractivity contribution is -0.137. The number of carboxylic acid groups (broad SMARTS) is 1. The van der Waals surface area contributed by atoms with Crippen LogP contribution in [0.2, 0.25) is 0 Å². The molecule has 0 aromatic carbocycles. The van der Waals surface area contributed by atoms with Gasteiger partial charge >= 0.3 is 5.97 Å². The van der Waals surface area contributed by atoms with Crippen LogP contribution in [0.4, 0.5) is 0 Å². The molecule has 7 heteroatoms. The van der Waals surface area contributed by atoms with Gasteiger partial charge < -0.3 is 21.1 Å². The SMILES string of the molecule is CCCCCCCC/C=C\CCCCCCCC(=O)NCCCCCCCCCCCCCCCCCC.CN(CC(=O)O)C(=N)N.